The maximum atomic E-state index is 5.93. The molecule has 6 nitrogen and oxygen atoms in total. The van der Waals surface area contributed by atoms with E-state index in [2.05, 4.69) is 15.2 Å². The van der Waals surface area contributed by atoms with Gasteiger partial charge in [0.2, 0.25) is 0 Å². The standard InChI is InChI=1S/C12H13N5O/c1-12(2,13)11-15-10(18-16-11)8-7-14-17-6-4-3-5-9(8)17/h3-7H,13H2,1-2H3. The SMILES string of the molecule is CC(C)(N)c1noc(-c2cnn3ccccc23)n1. The second-order valence-corrected chi connectivity index (χ2v) is 4.73. The van der Waals surface area contributed by atoms with Gasteiger partial charge in [-0.25, -0.2) is 4.52 Å². The number of nitrogens with two attached hydrogens (primary N) is 1. The highest BCUT2D eigenvalue weighted by Gasteiger charge is 2.23. The molecule has 0 spiro atoms. The molecule has 0 aliphatic carbocycles. The third kappa shape index (κ3) is 1.67. The van der Waals surface area contributed by atoms with Gasteiger partial charge in [-0.15, -0.1) is 0 Å². The van der Waals surface area contributed by atoms with E-state index in [0.29, 0.717) is 11.7 Å². The summed E-state index contributed by atoms with van der Waals surface area (Å²) in [5, 5.41) is 8.13. The van der Waals surface area contributed by atoms with Crippen LogP contribution in [0.5, 0.6) is 0 Å². The number of nitrogens with zero attached hydrogens (tertiary/aromatic N) is 4. The van der Waals surface area contributed by atoms with Crippen molar-refractivity contribution in [1.82, 2.24) is 19.8 Å². The first-order chi connectivity index (χ1) is 8.55. The van der Waals surface area contributed by atoms with Crippen LogP contribution in [0.2, 0.25) is 0 Å². The lowest BCUT2D eigenvalue weighted by molar-refractivity contribution is 0.397. The third-order valence-electron chi connectivity index (χ3n) is 2.66. The van der Waals surface area contributed by atoms with Crippen LogP contribution in [0.3, 0.4) is 0 Å². The minimum atomic E-state index is -0.620. The van der Waals surface area contributed by atoms with E-state index in [-0.39, 0.29) is 0 Å². The second kappa shape index (κ2) is 3.64. The van der Waals surface area contributed by atoms with E-state index in [9.17, 15) is 0 Å². The third-order valence-corrected chi connectivity index (χ3v) is 2.66. The van der Waals surface area contributed by atoms with Crippen molar-refractivity contribution >= 4 is 5.52 Å². The first-order valence-electron chi connectivity index (χ1n) is 5.61. The van der Waals surface area contributed by atoms with Crippen molar-refractivity contribution in [2.45, 2.75) is 19.4 Å². The van der Waals surface area contributed by atoms with Gasteiger partial charge in [0.05, 0.1) is 22.8 Å². The Labute approximate surface area is 103 Å². The highest BCUT2D eigenvalue weighted by Crippen LogP contribution is 2.24. The largest absolute Gasteiger partial charge is 0.334 e. The van der Waals surface area contributed by atoms with Gasteiger partial charge in [-0.05, 0) is 26.0 Å². The number of pyridine rings is 1. The monoisotopic (exact) mass is 243 g/mol. The highest BCUT2D eigenvalue weighted by atomic mass is 16.5. The molecule has 3 rings (SSSR count). The smallest absolute Gasteiger partial charge is 0.261 e. The van der Waals surface area contributed by atoms with E-state index in [0.717, 1.165) is 11.1 Å². The molecule has 2 N–H and O–H groups in total. The van der Waals surface area contributed by atoms with E-state index in [1.54, 1.807) is 10.7 Å². The van der Waals surface area contributed by atoms with Gasteiger partial charge in [0.15, 0.2) is 5.82 Å². The molecule has 18 heavy (non-hydrogen) atoms. The molecule has 0 aliphatic heterocycles. The molecular weight excluding hydrogens is 230 g/mol. The van der Waals surface area contributed by atoms with Gasteiger partial charge in [0.1, 0.15) is 0 Å². The predicted octanol–water partition coefficient (Wildman–Crippen LogP) is 1.58. The van der Waals surface area contributed by atoms with Crippen molar-refractivity contribution in [1.29, 1.82) is 0 Å². The lowest BCUT2D eigenvalue weighted by atomic mass is 10.1. The fourth-order valence-corrected chi connectivity index (χ4v) is 1.69. The summed E-state index contributed by atoms with van der Waals surface area (Å²) in [5.74, 6) is 0.914. The second-order valence-electron chi connectivity index (χ2n) is 4.73. The molecule has 3 aromatic heterocycles. The van der Waals surface area contributed by atoms with Crippen molar-refractivity contribution in [2.75, 3.05) is 0 Å². The molecule has 0 saturated carbocycles. The number of aromatic nitrogens is 4. The molecule has 3 aromatic rings. The van der Waals surface area contributed by atoms with Crippen molar-refractivity contribution in [2.24, 2.45) is 5.73 Å². The Kier molecular flexibility index (Phi) is 2.21. The van der Waals surface area contributed by atoms with Gasteiger partial charge in [0, 0.05) is 6.20 Å². The molecule has 0 aliphatic rings. The number of rotatable bonds is 2. The molecule has 92 valence electrons. The summed E-state index contributed by atoms with van der Waals surface area (Å²) in [6, 6.07) is 5.79. The molecule has 0 unspecified atom stereocenters. The van der Waals surface area contributed by atoms with Gasteiger partial charge in [-0.2, -0.15) is 10.1 Å². The quantitative estimate of drug-likeness (QED) is 0.738. The van der Waals surface area contributed by atoms with Gasteiger partial charge < -0.3 is 10.3 Å². The minimum absolute atomic E-state index is 0.435. The zero-order chi connectivity index (χ0) is 12.8. The topological polar surface area (TPSA) is 82.2 Å². The zero-order valence-electron chi connectivity index (χ0n) is 10.2. The summed E-state index contributed by atoms with van der Waals surface area (Å²) in [5.41, 5.74) is 7.03. The average molecular weight is 243 g/mol. The minimum Gasteiger partial charge on any atom is -0.334 e. The van der Waals surface area contributed by atoms with E-state index < -0.39 is 5.54 Å². The normalized spacial score (nSPS) is 12.2. The lowest BCUT2D eigenvalue weighted by Gasteiger charge is -2.11. The maximum absolute atomic E-state index is 5.93. The van der Waals surface area contributed by atoms with Gasteiger partial charge >= 0.3 is 0 Å². The summed E-state index contributed by atoms with van der Waals surface area (Å²) in [6.45, 7) is 3.66. The lowest BCUT2D eigenvalue weighted by Crippen LogP contribution is -2.30. The zero-order valence-corrected chi connectivity index (χ0v) is 10.2. The van der Waals surface area contributed by atoms with Crippen LogP contribution in [-0.4, -0.2) is 19.8 Å². The summed E-state index contributed by atoms with van der Waals surface area (Å²) in [6.07, 6.45) is 3.57. The predicted molar refractivity (Wildman–Crippen MR) is 65.7 cm³/mol. The van der Waals surface area contributed by atoms with Crippen LogP contribution in [0.4, 0.5) is 0 Å². The first-order valence-corrected chi connectivity index (χ1v) is 5.61. The molecule has 3 heterocycles. The molecule has 0 fully saturated rings. The molecule has 0 amide bonds. The molecular formula is C12H13N5O. The first kappa shape index (κ1) is 10.9. The molecule has 6 heteroatoms. The van der Waals surface area contributed by atoms with Crippen LogP contribution in [-0.2, 0) is 5.54 Å². The number of hydrogen-bond acceptors (Lipinski definition) is 5. The van der Waals surface area contributed by atoms with Crippen LogP contribution >= 0.6 is 0 Å². The van der Waals surface area contributed by atoms with Gasteiger partial charge in [0.25, 0.3) is 5.89 Å². The van der Waals surface area contributed by atoms with Crippen molar-refractivity contribution < 1.29 is 4.52 Å². The summed E-state index contributed by atoms with van der Waals surface area (Å²) in [7, 11) is 0. The van der Waals surface area contributed by atoms with Crippen LogP contribution < -0.4 is 5.73 Å². The Morgan fingerprint density at radius 3 is 2.89 bits per heavy atom. The Hall–Kier alpha value is -2.21. The molecule has 0 bridgehead atoms. The highest BCUT2D eigenvalue weighted by molar-refractivity contribution is 5.74. The number of hydrogen-bond donors (Lipinski definition) is 1. The number of fused-ring (bicyclic) bond motifs is 1. The van der Waals surface area contributed by atoms with Crippen molar-refractivity contribution in [3.63, 3.8) is 0 Å². The molecule has 0 atom stereocenters. The van der Waals surface area contributed by atoms with E-state index in [1.807, 2.05) is 38.2 Å². The summed E-state index contributed by atoms with van der Waals surface area (Å²) in [4.78, 5) is 4.32. The van der Waals surface area contributed by atoms with Crippen molar-refractivity contribution in [3.05, 3.63) is 36.4 Å². The Morgan fingerprint density at radius 1 is 1.33 bits per heavy atom. The fourth-order valence-electron chi connectivity index (χ4n) is 1.69. The van der Waals surface area contributed by atoms with Gasteiger partial charge in [-0.3, -0.25) is 0 Å². The van der Waals surface area contributed by atoms with Gasteiger partial charge in [-0.1, -0.05) is 11.2 Å². The molecule has 0 radical (unpaired) electrons. The van der Waals surface area contributed by atoms with E-state index >= 15 is 0 Å². The Bertz CT molecular complexity index is 692. The van der Waals surface area contributed by atoms with Crippen LogP contribution in [0.15, 0.2) is 35.1 Å². The fraction of sp³-hybridized carbons (Fsp3) is 0.250. The molecule has 0 saturated heterocycles. The van der Waals surface area contributed by atoms with E-state index in [1.165, 1.54) is 0 Å². The van der Waals surface area contributed by atoms with Crippen LogP contribution in [0, 0.1) is 0 Å². The van der Waals surface area contributed by atoms with Crippen LogP contribution in [0.25, 0.3) is 17.0 Å². The van der Waals surface area contributed by atoms with E-state index in [4.69, 9.17) is 10.3 Å². The Balaban J connectivity index is 2.13. The molecule has 0 aromatic carbocycles. The maximum Gasteiger partial charge on any atom is 0.261 e. The van der Waals surface area contributed by atoms with Crippen LogP contribution in [0.1, 0.15) is 19.7 Å². The summed E-state index contributed by atoms with van der Waals surface area (Å²) >= 11 is 0. The summed E-state index contributed by atoms with van der Waals surface area (Å²) < 4.78 is 7.01. The van der Waals surface area contributed by atoms with Crippen molar-refractivity contribution in [3.8, 4) is 11.5 Å². The Morgan fingerprint density at radius 2 is 2.17 bits per heavy atom. The average Bonchev–Trinajstić information content (AvgIpc) is 2.94.